The molecule has 2 nitrogen and oxygen atoms in total. The van der Waals surface area contributed by atoms with Crippen LogP contribution in [-0.4, -0.2) is 22.9 Å². The average molecular weight is 102 g/mol. The van der Waals surface area contributed by atoms with Crippen LogP contribution in [0, 0.1) is 0 Å². The standard InChI is InChI=1S/C5H10O2/c1-2-3-5(7)4-6/h2-3,5-7H,4H2,1H3. The summed E-state index contributed by atoms with van der Waals surface area (Å²) in [6.07, 6.45) is 2.55. The zero-order chi connectivity index (χ0) is 5.70. The van der Waals surface area contributed by atoms with Gasteiger partial charge in [0.05, 0.1) is 12.7 Å². The topological polar surface area (TPSA) is 40.5 Å². The van der Waals surface area contributed by atoms with E-state index in [1.54, 1.807) is 13.0 Å². The van der Waals surface area contributed by atoms with Gasteiger partial charge in [0.1, 0.15) is 0 Å². The summed E-state index contributed by atoms with van der Waals surface area (Å²) in [6, 6.07) is 0. The lowest BCUT2D eigenvalue weighted by molar-refractivity contribution is 0.131. The van der Waals surface area contributed by atoms with Crippen molar-refractivity contribution in [2.75, 3.05) is 6.61 Å². The number of hydrogen-bond donors (Lipinski definition) is 2. The highest BCUT2D eigenvalue weighted by Crippen LogP contribution is 1.80. The Morgan fingerprint density at radius 1 is 1.71 bits per heavy atom. The Morgan fingerprint density at radius 3 is 2.43 bits per heavy atom. The molecule has 0 fully saturated rings. The van der Waals surface area contributed by atoms with Crippen LogP contribution < -0.4 is 0 Å². The van der Waals surface area contributed by atoms with Crippen LogP contribution in [0.25, 0.3) is 0 Å². The summed E-state index contributed by atoms with van der Waals surface area (Å²) in [5.41, 5.74) is 0. The first kappa shape index (κ1) is 6.66. The molecule has 0 radical (unpaired) electrons. The van der Waals surface area contributed by atoms with Gasteiger partial charge in [-0.1, -0.05) is 12.2 Å². The number of allylic oxidation sites excluding steroid dienone is 1. The molecular formula is C5H10O2. The molecule has 0 spiro atoms. The Hall–Kier alpha value is -0.340. The fourth-order valence-electron chi connectivity index (χ4n) is 0.283. The van der Waals surface area contributed by atoms with Crippen LogP contribution in [0.1, 0.15) is 6.92 Å². The van der Waals surface area contributed by atoms with E-state index in [0.717, 1.165) is 0 Å². The molecule has 0 amide bonds. The molecule has 0 saturated carbocycles. The number of rotatable bonds is 2. The van der Waals surface area contributed by atoms with E-state index < -0.39 is 6.10 Å². The number of aliphatic hydroxyl groups excluding tert-OH is 2. The van der Waals surface area contributed by atoms with Gasteiger partial charge >= 0.3 is 0 Å². The van der Waals surface area contributed by atoms with Crippen LogP contribution in [0.3, 0.4) is 0 Å². The van der Waals surface area contributed by atoms with Gasteiger partial charge in [-0.25, -0.2) is 0 Å². The van der Waals surface area contributed by atoms with Crippen molar-refractivity contribution >= 4 is 0 Å². The highest BCUT2D eigenvalue weighted by atomic mass is 16.3. The SMILES string of the molecule is CC=CC(O)CO. The Balaban J connectivity index is 3.16. The molecule has 0 aliphatic carbocycles. The third kappa shape index (κ3) is 3.49. The van der Waals surface area contributed by atoms with E-state index in [9.17, 15) is 0 Å². The first-order valence-corrected chi connectivity index (χ1v) is 2.23. The van der Waals surface area contributed by atoms with Gasteiger partial charge < -0.3 is 10.2 Å². The molecule has 0 saturated heterocycles. The Kier molecular flexibility index (Phi) is 3.65. The largest absolute Gasteiger partial charge is 0.393 e. The number of hydrogen-bond acceptors (Lipinski definition) is 2. The van der Waals surface area contributed by atoms with E-state index in [4.69, 9.17) is 10.2 Å². The molecule has 0 aliphatic rings. The molecule has 0 aromatic heterocycles. The monoisotopic (exact) mass is 102 g/mol. The maximum atomic E-state index is 8.52. The van der Waals surface area contributed by atoms with Crippen molar-refractivity contribution in [2.45, 2.75) is 13.0 Å². The molecule has 0 heterocycles. The highest BCUT2D eigenvalue weighted by Gasteiger charge is 1.89. The molecule has 0 aromatic rings. The molecular weight excluding hydrogens is 92.1 g/mol. The summed E-state index contributed by atoms with van der Waals surface area (Å²) in [5, 5.41) is 16.7. The van der Waals surface area contributed by atoms with Crippen molar-refractivity contribution in [3.05, 3.63) is 12.2 Å². The molecule has 0 aromatic carbocycles. The summed E-state index contributed by atoms with van der Waals surface area (Å²) in [7, 11) is 0. The zero-order valence-corrected chi connectivity index (χ0v) is 4.33. The summed E-state index contributed by atoms with van der Waals surface area (Å²) < 4.78 is 0. The van der Waals surface area contributed by atoms with Crippen molar-refractivity contribution in [1.82, 2.24) is 0 Å². The lowest BCUT2D eigenvalue weighted by Crippen LogP contribution is -2.06. The van der Waals surface area contributed by atoms with Crippen molar-refractivity contribution < 1.29 is 10.2 Å². The fraction of sp³-hybridized carbons (Fsp3) is 0.600. The van der Waals surface area contributed by atoms with Gasteiger partial charge in [-0.2, -0.15) is 0 Å². The van der Waals surface area contributed by atoms with Gasteiger partial charge in [-0.15, -0.1) is 0 Å². The van der Waals surface area contributed by atoms with Crippen LogP contribution in [0.5, 0.6) is 0 Å². The first-order valence-electron chi connectivity index (χ1n) is 2.23. The van der Waals surface area contributed by atoms with Crippen molar-refractivity contribution in [3.63, 3.8) is 0 Å². The summed E-state index contributed by atoms with van der Waals surface area (Å²) in [6.45, 7) is 1.60. The van der Waals surface area contributed by atoms with Crippen molar-refractivity contribution in [2.24, 2.45) is 0 Å². The van der Waals surface area contributed by atoms with Gasteiger partial charge in [0.2, 0.25) is 0 Å². The molecule has 42 valence electrons. The summed E-state index contributed by atoms with van der Waals surface area (Å²) >= 11 is 0. The van der Waals surface area contributed by atoms with E-state index >= 15 is 0 Å². The minimum atomic E-state index is -0.676. The van der Waals surface area contributed by atoms with Crippen LogP contribution in [0.4, 0.5) is 0 Å². The van der Waals surface area contributed by atoms with Crippen LogP contribution >= 0.6 is 0 Å². The third-order valence-corrected chi connectivity index (χ3v) is 0.602. The number of aliphatic hydroxyl groups is 2. The molecule has 2 heteroatoms. The van der Waals surface area contributed by atoms with Gasteiger partial charge in [-0.05, 0) is 6.92 Å². The zero-order valence-electron chi connectivity index (χ0n) is 4.33. The minimum Gasteiger partial charge on any atom is -0.393 e. The minimum absolute atomic E-state index is 0.190. The Bertz CT molecular complexity index is 59.1. The van der Waals surface area contributed by atoms with E-state index in [2.05, 4.69) is 0 Å². The summed E-state index contributed by atoms with van der Waals surface area (Å²) in [5.74, 6) is 0. The maximum absolute atomic E-state index is 8.52. The predicted molar refractivity (Wildman–Crippen MR) is 27.9 cm³/mol. The Morgan fingerprint density at radius 2 is 2.29 bits per heavy atom. The van der Waals surface area contributed by atoms with Gasteiger partial charge in [-0.3, -0.25) is 0 Å². The third-order valence-electron chi connectivity index (χ3n) is 0.602. The molecule has 2 N–H and O–H groups in total. The van der Waals surface area contributed by atoms with Crippen molar-refractivity contribution in [1.29, 1.82) is 0 Å². The van der Waals surface area contributed by atoms with E-state index in [0.29, 0.717) is 0 Å². The van der Waals surface area contributed by atoms with Crippen LogP contribution in [0.15, 0.2) is 12.2 Å². The second-order valence-corrected chi connectivity index (χ2v) is 1.28. The average Bonchev–Trinajstić information content (AvgIpc) is 1.68. The highest BCUT2D eigenvalue weighted by molar-refractivity contribution is 4.84. The molecule has 1 atom stereocenters. The van der Waals surface area contributed by atoms with E-state index in [1.807, 2.05) is 0 Å². The lowest BCUT2D eigenvalue weighted by atomic mass is 10.3. The molecule has 0 aliphatic heterocycles. The molecule has 1 unspecified atom stereocenters. The smallest absolute Gasteiger partial charge is 0.0951 e. The molecule has 7 heavy (non-hydrogen) atoms. The second-order valence-electron chi connectivity index (χ2n) is 1.28. The van der Waals surface area contributed by atoms with Crippen molar-refractivity contribution in [3.8, 4) is 0 Å². The Labute approximate surface area is 43.1 Å². The lowest BCUT2D eigenvalue weighted by Gasteiger charge is -1.94. The van der Waals surface area contributed by atoms with E-state index in [1.165, 1.54) is 6.08 Å². The van der Waals surface area contributed by atoms with Gasteiger partial charge in [0, 0.05) is 0 Å². The predicted octanol–water partition coefficient (Wildman–Crippen LogP) is -0.0843. The van der Waals surface area contributed by atoms with E-state index in [-0.39, 0.29) is 6.61 Å². The van der Waals surface area contributed by atoms with Crippen LogP contribution in [-0.2, 0) is 0 Å². The molecule has 0 bridgehead atoms. The van der Waals surface area contributed by atoms with Gasteiger partial charge in [0.25, 0.3) is 0 Å². The summed E-state index contributed by atoms with van der Waals surface area (Å²) in [4.78, 5) is 0. The quantitative estimate of drug-likeness (QED) is 0.478. The molecule has 0 rings (SSSR count). The first-order chi connectivity index (χ1) is 3.31. The fourth-order valence-corrected chi connectivity index (χ4v) is 0.283. The van der Waals surface area contributed by atoms with Gasteiger partial charge in [0.15, 0.2) is 0 Å². The second kappa shape index (κ2) is 3.84. The maximum Gasteiger partial charge on any atom is 0.0951 e. The normalized spacial score (nSPS) is 15.3. The van der Waals surface area contributed by atoms with Crippen LogP contribution in [0.2, 0.25) is 0 Å².